The van der Waals surface area contributed by atoms with E-state index in [0.717, 1.165) is 35.1 Å². The van der Waals surface area contributed by atoms with E-state index in [0.29, 0.717) is 35.4 Å². The number of aromatic nitrogens is 4. The van der Waals surface area contributed by atoms with Crippen molar-refractivity contribution in [2.24, 2.45) is 0 Å². The second kappa shape index (κ2) is 10.3. The fourth-order valence-electron chi connectivity index (χ4n) is 3.83. The van der Waals surface area contributed by atoms with Gasteiger partial charge < -0.3 is 19.7 Å². The summed E-state index contributed by atoms with van der Waals surface area (Å²) in [5.41, 5.74) is 1.28. The quantitative estimate of drug-likeness (QED) is 0.376. The number of benzene rings is 1. The number of amides is 1. The van der Waals surface area contributed by atoms with Crippen LogP contribution >= 0.6 is 11.8 Å². The van der Waals surface area contributed by atoms with E-state index in [2.05, 4.69) is 29.2 Å². The lowest BCUT2D eigenvalue weighted by molar-refractivity contribution is 0.0951. The molecule has 3 heterocycles. The molecule has 0 spiro atoms. The van der Waals surface area contributed by atoms with Gasteiger partial charge in [-0.25, -0.2) is 14.6 Å². The number of hydrogen-bond donors (Lipinski definition) is 1. The van der Waals surface area contributed by atoms with Crippen molar-refractivity contribution in [2.75, 3.05) is 38.8 Å². The molecule has 0 atom stereocenters. The van der Waals surface area contributed by atoms with Crippen molar-refractivity contribution < 1.29 is 14.3 Å². The van der Waals surface area contributed by atoms with Gasteiger partial charge >= 0.3 is 0 Å². The third-order valence-corrected chi connectivity index (χ3v) is 6.29. The summed E-state index contributed by atoms with van der Waals surface area (Å²) in [5.74, 6) is 1.89. The first-order valence-corrected chi connectivity index (χ1v) is 12.0. The molecule has 3 aromatic rings. The van der Waals surface area contributed by atoms with Gasteiger partial charge in [0.1, 0.15) is 17.3 Å². The number of carbonyl (C=O) groups is 1. The Morgan fingerprint density at radius 1 is 1.12 bits per heavy atom. The highest BCUT2D eigenvalue weighted by Crippen LogP contribution is 2.30. The Morgan fingerprint density at radius 2 is 1.82 bits per heavy atom. The Labute approximate surface area is 197 Å². The van der Waals surface area contributed by atoms with Crippen LogP contribution in [-0.2, 0) is 6.54 Å². The van der Waals surface area contributed by atoms with Gasteiger partial charge in [0, 0.05) is 36.5 Å². The molecule has 0 bridgehead atoms. The molecule has 0 radical (unpaired) electrons. The zero-order valence-electron chi connectivity index (χ0n) is 19.5. The molecule has 4 rings (SSSR count). The summed E-state index contributed by atoms with van der Waals surface area (Å²) >= 11 is 1.65. The summed E-state index contributed by atoms with van der Waals surface area (Å²) in [6.45, 7) is 7.18. The number of anilines is 1. The zero-order chi connectivity index (χ0) is 23.4. The van der Waals surface area contributed by atoms with Gasteiger partial charge in [-0.2, -0.15) is 5.10 Å². The molecule has 0 saturated carbocycles. The standard InChI is InChI=1S/C23H30N6O3S/c1-15(2)33-23-26-20(28-8-5-6-9-28)19-14-25-29(21(19)27-23)10-7-24-22(30)16-11-17(31-3)13-18(12-16)32-4/h11-15H,5-10H2,1-4H3,(H,24,30). The fourth-order valence-corrected chi connectivity index (χ4v) is 4.53. The van der Waals surface area contributed by atoms with Crippen LogP contribution in [0.2, 0.25) is 0 Å². The summed E-state index contributed by atoms with van der Waals surface area (Å²) in [7, 11) is 3.12. The highest BCUT2D eigenvalue weighted by Gasteiger charge is 2.21. The van der Waals surface area contributed by atoms with E-state index in [4.69, 9.17) is 19.4 Å². The van der Waals surface area contributed by atoms with Gasteiger partial charge in [-0.1, -0.05) is 25.6 Å². The number of nitrogens with zero attached hydrogens (tertiary/aromatic N) is 5. The van der Waals surface area contributed by atoms with E-state index in [1.54, 1.807) is 44.2 Å². The summed E-state index contributed by atoms with van der Waals surface area (Å²) in [5, 5.41) is 9.60. The molecule has 2 aromatic heterocycles. The topological polar surface area (TPSA) is 94.4 Å². The van der Waals surface area contributed by atoms with E-state index in [-0.39, 0.29) is 5.91 Å². The minimum atomic E-state index is -0.202. The normalized spacial score (nSPS) is 13.7. The van der Waals surface area contributed by atoms with Crippen LogP contribution < -0.4 is 19.7 Å². The van der Waals surface area contributed by atoms with Crippen LogP contribution in [0, 0.1) is 0 Å². The Kier molecular flexibility index (Phi) is 7.22. The number of fused-ring (bicyclic) bond motifs is 1. The van der Waals surface area contributed by atoms with E-state index in [1.807, 2.05) is 10.9 Å². The molecule has 33 heavy (non-hydrogen) atoms. The molecule has 1 aromatic carbocycles. The van der Waals surface area contributed by atoms with Crippen molar-refractivity contribution in [3.8, 4) is 11.5 Å². The van der Waals surface area contributed by atoms with Gasteiger partial charge in [0.2, 0.25) is 0 Å². The zero-order valence-corrected chi connectivity index (χ0v) is 20.3. The highest BCUT2D eigenvalue weighted by molar-refractivity contribution is 7.99. The Hall–Kier alpha value is -3.01. The molecular weight excluding hydrogens is 440 g/mol. The number of hydrogen-bond acceptors (Lipinski definition) is 8. The molecule has 1 amide bonds. The molecule has 176 valence electrons. The average molecular weight is 471 g/mol. The molecule has 9 nitrogen and oxygen atoms in total. The summed E-state index contributed by atoms with van der Waals surface area (Å²) in [4.78, 5) is 24.6. The number of methoxy groups -OCH3 is 2. The van der Waals surface area contributed by atoms with Crippen molar-refractivity contribution in [2.45, 2.75) is 43.6 Å². The highest BCUT2D eigenvalue weighted by atomic mass is 32.2. The minimum absolute atomic E-state index is 0.202. The Balaban J connectivity index is 1.52. The summed E-state index contributed by atoms with van der Waals surface area (Å²) in [6.07, 6.45) is 4.18. The van der Waals surface area contributed by atoms with Crippen molar-refractivity contribution in [1.29, 1.82) is 0 Å². The van der Waals surface area contributed by atoms with Gasteiger partial charge in [-0.05, 0) is 25.0 Å². The first-order valence-electron chi connectivity index (χ1n) is 11.1. The minimum Gasteiger partial charge on any atom is -0.497 e. The van der Waals surface area contributed by atoms with Gasteiger partial charge in [0.15, 0.2) is 10.8 Å². The molecule has 1 fully saturated rings. The maximum Gasteiger partial charge on any atom is 0.251 e. The van der Waals surface area contributed by atoms with Crippen LogP contribution in [0.5, 0.6) is 11.5 Å². The van der Waals surface area contributed by atoms with Gasteiger partial charge in [-0.3, -0.25) is 4.79 Å². The second-order valence-electron chi connectivity index (χ2n) is 8.15. The molecule has 1 N–H and O–H groups in total. The monoisotopic (exact) mass is 470 g/mol. The van der Waals surface area contributed by atoms with Crippen LogP contribution in [0.25, 0.3) is 11.0 Å². The van der Waals surface area contributed by atoms with Crippen molar-refractivity contribution >= 4 is 34.5 Å². The first kappa shape index (κ1) is 23.2. The fraction of sp³-hybridized carbons (Fsp3) is 0.478. The molecule has 1 aliphatic heterocycles. The number of ether oxygens (including phenoxy) is 2. The Bertz CT molecular complexity index is 1100. The summed E-state index contributed by atoms with van der Waals surface area (Å²) < 4.78 is 12.4. The van der Waals surface area contributed by atoms with Gasteiger partial charge in [0.25, 0.3) is 5.91 Å². The van der Waals surface area contributed by atoms with Crippen LogP contribution in [0.4, 0.5) is 5.82 Å². The van der Waals surface area contributed by atoms with Crippen molar-refractivity contribution in [3.05, 3.63) is 30.0 Å². The van der Waals surface area contributed by atoms with Crippen molar-refractivity contribution in [3.63, 3.8) is 0 Å². The first-order chi connectivity index (χ1) is 16.0. The van der Waals surface area contributed by atoms with E-state index in [1.165, 1.54) is 12.8 Å². The second-order valence-corrected chi connectivity index (χ2v) is 9.70. The molecule has 10 heteroatoms. The van der Waals surface area contributed by atoms with E-state index < -0.39 is 0 Å². The third kappa shape index (κ3) is 5.32. The third-order valence-electron chi connectivity index (χ3n) is 5.43. The smallest absolute Gasteiger partial charge is 0.251 e. The number of carbonyl (C=O) groups excluding carboxylic acids is 1. The number of thioether (sulfide) groups is 1. The Morgan fingerprint density at radius 3 is 2.45 bits per heavy atom. The van der Waals surface area contributed by atoms with Gasteiger partial charge in [-0.15, -0.1) is 0 Å². The van der Waals surface area contributed by atoms with Crippen LogP contribution in [0.3, 0.4) is 0 Å². The SMILES string of the molecule is COc1cc(OC)cc(C(=O)NCCn2ncc3c(N4CCCC4)nc(SC(C)C)nc32)c1. The maximum atomic E-state index is 12.7. The largest absolute Gasteiger partial charge is 0.497 e. The lowest BCUT2D eigenvalue weighted by Gasteiger charge is -2.18. The number of rotatable bonds is 9. The molecule has 0 unspecified atom stereocenters. The molecular formula is C23H30N6O3S. The summed E-state index contributed by atoms with van der Waals surface area (Å²) in [6, 6.07) is 5.11. The number of nitrogens with one attached hydrogen (secondary N) is 1. The van der Waals surface area contributed by atoms with Crippen LogP contribution in [0.15, 0.2) is 29.6 Å². The lowest BCUT2D eigenvalue weighted by atomic mass is 10.2. The van der Waals surface area contributed by atoms with E-state index in [9.17, 15) is 4.79 Å². The van der Waals surface area contributed by atoms with Gasteiger partial charge in [0.05, 0.1) is 32.3 Å². The van der Waals surface area contributed by atoms with Crippen LogP contribution in [0.1, 0.15) is 37.0 Å². The lowest BCUT2D eigenvalue weighted by Crippen LogP contribution is -2.27. The maximum absolute atomic E-state index is 12.7. The van der Waals surface area contributed by atoms with Crippen molar-refractivity contribution in [1.82, 2.24) is 25.1 Å². The predicted molar refractivity (Wildman–Crippen MR) is 130 cm³/mol. The molecule has 1 saturated heterocycles. The molecule has 1 aliphatic rings. The predicted octanol–water partition coefficient (Wildman–Crippen LogP) is 3.37. The van der Waals surface area contributed by atoms with E-state index >= 15 is 0 Å². The average Bonchev–Trinajstić information content (AvgIpc) is 3.48. The molecule has 0 aliphatic carbocycles. The van der Waals surface area contributed by atoms with Crippen LogP contribution in [-0.4, -0.2) is 64.8 Å².